The molecule has 0 saturated carbocycles. The van der Waals surface area contributed by atoms with Crippen LogP contribution in [0.1, 0.15) is 104 Å². The first kappa shape index (κ1) is 24.6. The number of rotatable bonds is 14. The standard InChI is InChI=1S/C25H35NO5/c1-4-5-6-7-8-9-10-11-12-13-14-19(26-29)18-17-22(30-2)23-20(27)15-16-21(28)24(23)25(18)31-3/h15-17,29H,4-14H2,1-3H3/b26-19+. The molecule has 2 rings (SSSR count). The van der Waals surface area contributed by atoms with Crippen molar-refractivity contribution < 1.29 is 24.3 Å². The molecule has 0 spiro atoms. The van der Waals surface area contributed by atoms with Crippen molar-refractivity contribution in [3.63, 3.8) is 0 Å². The van der Waals surface area contributed by atoms with Gasteiger partial charge in [0.1, 0.15) is 11.5 Å². The van der Waals surface area contributed by atoms with E-state index in [0.29, 0.717) is 17.7 Å². The number of nitrogens with zero attached hydrogens (tertiary/aromatic N) is 1. The Bertz CT molecular complexity index is 826. The lowest BCUT2D eigenvalue weighted by Gasteiger charge is -2.20. The molecule has 31 heavy (non-hydrogen) atoms. The van der Waals surface area contributed by atoms with Crippen molar-refractivity contribution in [3.8, 4) is 11.5 Å². The second-order valence-corrected chi connectivity index (χ2v) is 7.95. The van der Waals surface area contributed by atoms with Gasteiger partial charge >= 0.3 is 0 Å². The maximum atomic E-state index is 12.5. The molecule has 0 saturated heterocycles. The van der Waals surface area contributed by atoms with Crippen molar-refractivity contribution in [1.82, 2.24) is 0 Å². The van der Waals surface area contributed by atoms with Crippen molar-refractivity contribution >= 4 is 17.3 Å². The monoisotopic (exact) mass is 429 g/mol. The van der Waals surface area contributed by atoms with Gasteiger partial charge in [0.2, 0.25) is 0 Å². The molecule has 1 aliphatic carbocycles. The van der Waals surface area contributed by atoms with E-state index in [0.717, 1.165) is 19.3 Å². The van der Waals surface area contributed by atoms with Crippen LogP contribution in [0.5, 0.6) is 11.5 Å². The Morgan fingerprint density at radius 3 is 1.90 bits per heavy atom. The van der Waals surface area contributed by atoms with E-state index in [9.17, 15) is 14.8 Å². The molecule has 0 bridgehead atoms. The molecule has 6 nitrogen and oxygen atoms in total. The average molecular weight is 430 g/mol. The van der Waals surface area contributed by atoms with E-state index in [1.54, 1.807) is 6.07 Å². The van der Waals surface area contributed by atoms with Crippen molar-refractivity contribution in [2.75, 3.05) is 14.2 Å². The molecule has 1 aliphatic rings. The number of ketones is 2. The first-order chi connectivity index (χ1) is 15.1. The number of hydrogen-bond acceptors (Lipinski definition) is 6. The van der Waals surface area contributed by atoms with Crippen molar-refractivity contribution in [2.24, 2.45) is 5.16 Å². The first-order valence-corrected chi connectivity index (χ1v) is 11.4. The second-order valence-electron chi connectivity index (χ2n) is 7.95. The van der Waals surface area contributed by atoms with Crippen LogP contribution in [-0.4, -0.2) is 36.7 Å². The number of oxime groups is 1. The van der Waals surface area contributed by atoms with Gasteiger partial charge in [-0.15, -0.1) is 0 Å². The SMILES string of the molecule is CCCCCCCCCCCC/C(=N\O)c1cc(OC)c2c(c1OC)C(=O)C=CC2=O. The lowest BCUT2D eigenvalue weighted by Crippen LogP contribution is -2.17. The quantitative estimate of drug-likeness (QED) is 0.166. The zero-order chi connectivity index (χ0) is 22.6. The highest BCUT2D eigenvalue weighted by atomic mass is 16.5. The van der Waals surface area contributed by atoms with Crippen LogP contribution < -0.4 is 9.47 Å². The Hall–Kier alpha value is -2.63. The van der Waals surface area contributed by atoms with E-state index in [-0.39, 0.29) is 34.2 Å². The number of methoxy groups -OCH3 is 2. The first-order valence-electron chi connectivity index (χ1n) is 11.4. The maximum absolute atomic E-state index is 12.5. The maximum Gasteiger partial charge on any atom is 0.190 e. The minimum atomic E-state index is -0.331. The summed E-state index contributed by atoms with van der Waals surface area (Å²) in [4.78, 5) is 24.9. The van der Waals surface area contributed by atoms with E-state index in [1.807, 2.05) is 0 Å². The van der Waals surface area contributed by atoms with Crippen LogP contribution in [-0.2, 0) is 0 Å². The van der Waals surface area contributed by atoms with Gasteiger partial charge in [-0.3, -0.25) is 9.59 Å². The minimum absolute atomic E-state index is 0.161. The summed E-state index contributed by atoms with van der Waals surface area (Å²) >= 11 is 0. The molecule has 1 aromatic rings. The van der Waals surface area contributed by atoms with Crippen LogP contribution in [0.3, 0.4) is 0 Å². The molecule has 0 amide bonds. The molecular formula is C25H35NO5. The summed E-state index contributed by atoms with van der Waals surface area (Å²) in [5.41, 5.74) is 1.25. The van der Waals surface area contributed by atoms with E-state index >= 15 is 0 Å². The van der Waals surface area contributed by atoms with Crippen molar-refractivity contribution in [2.45, 2.75) is 77.6 Å². The third-order valence-corrected chi connectivity index (χ3v) is 5.75. The zero-order valence-electron chi connectivity index (χ0n) is 19.0. The van der Waals surface area contributed by atoms with Gasteiger partial charge in [0.25, 0.3) is 0 Å². The van der Waals surface area contributed by atoms with Gasteiger partial charge in [0, 0.05) is 5.56 Å². The molecule has 0 heterocycles. The van der Waals surface area contributed by atoms with Gasteiger partial charge in [0.15, 0.2) is 11.6 Å². The third-order valence-electron chi connectivity index (χ3n) is 5.75. The fraction of sp³-hybridized carbons (Fsp3) is 0.560. The van der Waals surface area contributed by atoms with Gasteiger partial charge in [-0.1, -0.05) is 69.9 Å². The van der Waals surface area contributed by atoms with Gasteiger partial charge in [-0.05, 0) is 31.1 Å². The van der Waals surface area contributed by atoms with Gasteiger partial charge < -0.3 is 14.7 Å². The summed E-state index contributed by atoms with van der Waals surface area (Å²) < 4.78 is 10.9. The van der Waals surface area contributed by atoms with Crippen LogP contribution in [0.4, 0.5) is 0 Å². The highest BCUT2D eigenvalue weighted by molar-refractivity contribution is 6.25. The number of carbonyl (C=O) groups excluding carboxylic acids is 2. The lowest BCUT2D eigenvalue weighted by atomic mass is 9.88. The fourth-order valence-corrected chi connectivity index (χ4v) is 4.04. The van der Waals surface area contributed by atoms with Crippen LogP contribution in [0.15, 0.2) is 23.4 Å². The summed E-state index contributed by atoms with van der Waals surface area (Å²) in [6, 6.07) is 1.62. The molecule has 170 valence electrons. The number of ether oxygens (including phenoxy) is 2. The highest BCUT2D eigenvalue weighted by Crippen LogP contribution is 2.38. The second kappa shape index (κ2) is 12.9. The Morgan fingerprint density at radius 1 is 0.839 bits per heavy atom. The average Bonchev–Trinajstić information content (AvgIpc) is 2.79. The molecule has 0 aliphatic heterocycles. The zero-order valence-corrected chi connectivity index (χ0v) is 19.0. The van der Waals surface area contributed by atoms with Crippen LogP contribution in [0.2, 0.25) is 0 Å². The number of unbranched alkanes of at least 4 members (excludes halogenated alkanes) is 9. The van der Waals surface area contributed by atoms with Gasteiger partial charge in [-0.25, -0.2) is 0 Å². The normalized spacial score (nSPS) is 13.5. The van der Waals surface area contributed by atoms with Crippen molar-refractivity contribution in [1.29, 1.82) is 0 Å². The van der Waals surface area contributed by atoms with E-state index < -0.39 is 0 Å². The number of benzene rings is 1. The Balaban J connectivity index is 2.02. The number of fused-ring (bicyclic) bond motifs is 1. The molecule has 0 atom stereocenters. The van der Waals surface area contributed by atoms with Crippen LogP contribution >= 0.6 is 0 Å². The molecule has 0 radical (unpaired) electrons. The van der Waals surface area contributed by atoms with Crippen molar-refractivity contribution in [3.05, 3.63) is 34.9 Å². The summed E-state index contributed by atoms with van der Waals surface area (Å²) in [5, 5.41) is 13.1. The molecular weight excluding hydrogens is 394 g/mol. The van der Waals surface area contributed by atoms with E-state index in [2.05, 4.69) is 12.1 Å². The lowest BCUT2D eigenvalue weighted by molar-refractivity contribution is 0.0989. The topological polar surface area (TPSA) is 85.2 Å². The van der Waals surface area contributed by atoms with E-state index in [1.165, 1.54) is 71.3 Å². The summed E-state index contributed by atoms with van der Waals surface area (Å²) in [7, 11) is 2.89. The number of carbonyl (C=O) groups is 2. The molecule has 0 unspecified atom stereocenters. The van der Waals surface area contributed by atoms with E-state index in [4.69, 9.17) is 9.47 Å². The molecule has 1 aromatic carbocycles. The van der Waals surface area contributed by atoms with Crippen LogP contribution in [0, 0.1) is 0 Å². The molecule has 0 aromatic heterocycles. The molecule has 0 fully saturated rings. The predicted octanol–water partition coefficient (Wildman–Crippen LogP) is 6.13. The van der Waals surface area contributed by atoms with Gasteiger partial charge in [-0.2, -0.15) is 0 Å². The van der Waals surface area contributed by atoms with Crippen LogP contribution in [0.25, 0.3) is 0 Å². The Kier molecular flexibility index (Phi) is 10.3. The van der Waals surface area contributed by atoms with Gasteiger partial charge in [0.05, 0.1) is 31.1 Å². The fourth-order valence-electron chi connectivity index (χ4n) is 4.04. The third kappa shape index (κ3) is 6.42. The largest absolute Gasteiger partial charge is 0.496 e. The molecule has 6 heteroatoms. The predicted molar refractivity (Wildman–Crippen MR) is 122 cm³/mol. The summed E-state index contributed by atoms with van der Waals surface area (Å²) in [6.45, 7) is 2.23. The minimum Gasteiger partial charge on any atom is -0.496 e. The number of allylic oxidation sites excluding steroid dienone is 2. The smallest absolute Gasteiger partial charge is 0.190 e. The highest BCUT2D eigenvalue weighted by Gasteiger charge is 2.31. The summed E-state index contributed by atoms with van der Waals surface area (Å²) in [6.07, 6.45) is 15.1. The summed E-state index contributed by atoms with van der Waals surface area (Å²) in [5.74, 6) is -0.118. The Morgan fingerprint density at radius 2 is 1.39 bits per heavy atom. The molecule has 1 N–H and O–H groups in total. The Labute approximate surface area is 185 Å². The number of hydrogen-bond donors (Lipinski definition) is 1.